The van der Waals surface area contributed by atoms with Crippen LogP contribution < -0.4 is 14.8 Å². The fourth-order valence-electron chi connectivity index (χ4n) is 2.21. The number of nitrogens with zero attached hydrogens (tertiary/aromatic N) is 3. The van der Waals surface area contributed by atoms with Crippen molar-refractivity contribution >= 4 is 11.6 Å². The molecule has 0 fully saturated rings. The van der Waals surface area contributed by atoms with Gasteiger partial charge in [-0.1, -0.05) is 18.2 Å². The second-order valence-electron chi connectivity index (χ2n) is 5.13. The van der Waals surface area contributed by atoms with Gasteiger partial charge in [0.1, 0.15) is 12.4 Å². The Kier molecular flexibility index (Phi) is 5.07. The molecule has 124 valence electrons. The van der Waals surface area contributed by atoms with Crippen LogP contribution >= 0.6 is 0 Å². The lowest BCUT2D eigenvalue weighted by atomic mass is 10.2. The highest BCUT2D eigenvalue weighted by Gasteiger charge is 2.05. The molecule has 6 heteroatoms. The van der Waals surface area contributed by atoms with Gasteiger partial charge < -0.3 is 14.8 Å². The standard InChI is InChI=1S/C19H16N4O2/c1-24-17-5-3-2-4-15(17)13-25-18-10-11-21-19(23-18)22-16-8-6-14(12-20)7-9-16/h2-11H,13H2,1H3,(H,21,22,23). The highest BCUT2D eigenvalue weighted by Crippen LogP contribution is 2.20. The normalized spacial score (nSPS) is 9.92. The van der Waals surface area contributed by atoms with Gasteiger partial charge in [0.05, 0.1) is 18.7 Å². The van der Waals surface area contributed by atoms with Crippen LogP contribution in [0.2, 0.25) is 0 Å². The number of benzene rings is 2. The van der Waals surface area contributed by atoms with Crippen molar-refractivity contribution in [3.05, 3.63) is 71.9 Å². The molecular weight excluding hydrogens is 316 g/mol. The average molecular weight is 332 g/mol. The van der Waals surface area contributed by atoms with Gasteiger partial charge in [0, 0.05) is 23.5 Å². The van der Waals surface area contributed by atoms with Gasteiger partial charge >= 0.3 is 0 Å². The largest absolute Gasteiger partial charge is 0.496 e. The molecule has 0 aliphatic heterocycles. The zero-order chi connectivity index (χ0) is 17.5. The Balaban J connectivity index is 1.67. The van der Waals surface area contributed by atoms with Crippen LogP contribution in [0, 0.1) is 11.3 Å². The van der Waals surface area contributed by atoms with Crippen LogP contribution in [0.15, 0.2) is 60.8 Å². The van der Waals surface area contributed by atoms with Crippen LogP contribution in [-0.4, -0.2) is 17.1 Å². The molecule has 0 saturated heterocycles. The maximum absolute atomic E-state index is 8.82. The lowest BCUT2D eigenvalue weighted by Gasteiger charge is -2.10. The van der Waals surface area contributed by atoms with E-state index in [9.17, 15) is 0 Å². The lowest BCUT2D eigenvalue weighted by Crippen LogP contribution is -2.02. The molecule has 0 unspecified atom stereocenters. The second kappa shape index (κ2) is 7.79. The van der Waals surface area contributed by atoms with Crippen molar-refractivity contribution in [1.29, 1.82) is 5.26 Å². The van der Waals surface area contributed by atoms with E-state index in [-0.39, 0.29) is 0 Å². The van der Waals surface area contributed by atoms with E-state index >= 15 is 0 Å². The number of hydrogen-bond acceptors (Lipinski definition) is 6. The zero-order valence-corrected chi connectivity index (χ0v) is 13.6. The van der Waals surface area contributed by atoms with Gasteiger partial charge in [-0.3, -0.25) is 0 Å². The minimum Gasteiger partial charge on any atom is -0.496 e. The number of nitrogens with one attached hydrogen (secondary N) is 1. The molecule has 0 amide bonds. The summed E-state index contributed by atoms with van der Waals surface area (Å²) in [6.07, 6.45) is 1.62. The smallest absolute Gasteiger partial charge is 0.230 e. The van der Waals surface area contributed by atoms with Crippen molar-refractivity contribution < 1.29 is 9.47 Å². The van der Waals surface area contributed by atoms with Gasteiger partial charge in [0.25, 0.3) is 0 Å². The SMILES string of the molecule is COc1ccccc1COc1ccnc(Nc2ccc(C#N)cc2)n1. The van der Waals surface area contributed by atoms with E-state index in [1.807, 2.05) is 24.3 Å². The first-order valence-electron chi connectivity index (χ1n) is 7.63. The van der Waals surface area contributed by atoms with E-state index in [0.717, 1.165) is 17.0 Å². The molecule has 1 aromatic heterocycles. The van der Waals surface area contributed by atoms with Crippen molar-refractivity contribution in [2.75, 3.05) is 12.4 Å². The first kappa shape index (κ1) is 16.3. The van der Waals surface area contributed by atoms with Crippen molar-refractivity contribution in [2.24, 2.45) is 0 Å². The van der Waals surface area contributed by atoms with Crippen LogP contribution in [-0.2, 0) is 6.61 Å². The summed E-state index contributed by atoms with van der Waals surface area (Å²) in [7, 11) is 1.63. The molecule has 0 atom stereocenters. The van der Waals surface area contributed by atoms with Crippen molar-refractivity contribution in [3.63, 3.8) is 0 Å². The van der Waals surface area contributed by atoms with E-state index in [2.05, 4.69) is 21.4 Å². The number of rotatable bonds is 6. The quantitative estimate of drug-likeness (QED) is 0.742. The highest BCUT2D eigenvalue weighted by atomic mass is 16.5. The molecule has 0 saturated carbocycles. The fraction of sp³-hybridized carbons (Fsp3) is 0.105. The summed E-state index contributed by atoms with van der Waals surface area (Å²) in [4.78, 5) is 8.50. The lowest BCUT2D eigenvalue weighted by molar-refractivity contribution is 0.285. The van der Waals surface area contributed by atoms with Gasteiger partial charge in [-0.25, -0.2) is 4.98 Å². The molecule has 0 spiro atoms. The molecule has 3 rings (SSSR count). The topological polar surface area (TPSA) is 80.1 Å². The average Bonchev–Trinajstić information content (AvgIpc) is 2.67. The number of anilines is 2. The third-order valence-corrected chi connectivity index (χ3v) is 3.47. The van der Waals surface area contributed by atoms with Gasteiger partial charge in [-0.2, -0.15) is 10.2 Å². The zero-order valence-electron chi connectivity index (χ0n) is 13.6. The maximum Gasteiger partial charge on any atom is 0.230 e. The first-order valence-corrected chi connectivity index (χ1v) is 7.63. The second-order valence-corrected chi connectivity index (χ2v) is 5.13. The molecule has 1 heterocycles. The molecular formula is C19H16N4O2. The Morgan fingerprint density at radius 1 is 1.08 bits per heavy atom. The van der Waals surface area contributed by atoms with E-state index in [1.54, 1.807) is 43.6 Å². The number of ether oxygens (including phenoxy) is 2. The third kappa shape index (κ3) is 4.24. The minimum atomic E-state index is 0.345. The van der Waals surface area contributed by atoms with Crippen LogP contribution in [0.3, 0.4) is 0 Å². The number of nitriles is 1. The predicted molar refractivity (Wildman–Crippen MR) is 93.8 cm³/mol. The fourth-order valence-corrected chi connectivity index (χ4v) is 2.21. The summed E-state index contributed by atoms with van der Waals surface area (Å²) < 4.78 is 11.0. The van der Waals surface area contributed by atoms with Crippen LogP contribution in [0.1, 0.15) is 11.1 Å². The minimum absolute atomic E-state index is 0.345. The Morgan fingerprint density at radius 2 is 1.88 bits per heavy atom. The summed E-state index contributed by atoms with van der Waals surface area (Å²) in [5.74, 6) is 1.65. The first-order chi connectivity index (χ1) is 12.3. The van der Waals surface area contributed by atoms with Crippen molar-refractivity contribution in [2.45, 2.75) is 6.61 Å². The highest BCUT2D eigenvalue weighted by molar-refractivity contribution is 5.54. The van der Waals surface area contributed by atoms with Gasteiger partial charge in [-0.05, 0) is 30.3 Å². The van der Waals surface area contributed by atoms with Crippen LogP contribution in [0.25, 0.3) is 0 Å². The molecule has 0 bridgehead atoms. The van der Waals surface area contributed by atoms with Crippen molar-refractivity contribution in [1.82, 2.24) is 9.97 Å². The molecule has 0 aliphatic rings. The molecule has 1 N–H and O–H groups in total. The molecule has 25 heavy (non-hydrogen) atoms. The Labute approximate surface area is 145 Å². The number of para-hydroxylation sites is 1. The van der Waals surface area contributed by atoms with Gasteiger partial charge in [-0.15, -0.1) is 0 Å². The summed E-state index contributed by atoms with van der Waals surface area (Å²) in [6, 6.07) is 18.5. The third-order valence-electron chi connectivity index (χ3n) is 3.47. The number of aromatic nitrogens is 2. The summed E-state index contributed by atoms with van der Waals surface area (Å²) in [6.45, 7) is 0.345. The monoisotopic (exact) mass is 332 g/mol. The summed E-state index contributed by atoms with van der Waals surface area (Å²) >= 11 is 0. The van der Waals surface area contributed by atoms with Crippen LogP contribution in [0.5, 0.6) is 11.6 Å². The molecule has 6 nitrogen and oxygen atoms in total. The van der Waals surface area contributed by atoms with Gasteiger partial charge in [0.15, 0.2) is 0 Å². The number of hydrogen-bond donors (Lipinski definition) is 1. The van der Waals surface area contributed by atoms with E-state index in [4.69, 9.17) is 14.7 Å². The molecule has 3 aromatic rings. The van der Waals surface area contributed by atoms with E-state index in [0.29, 0.717) is 24.0 Å². The summed E-state index contributed by atoms with van der Waals surface area (Å²) in [5.41, 5.74) is 2.33. The summed E-state index contributed by atoms with van der Waals surface area (Å²) in [5, 5.41) is 11.9. The van der Waals surface area contributed by atoms with E-state index < -0.39 is 0 Å². The Bertz CT molecular complexity index is 888. The Hall–Kier alpha value is -3.59. The van der Waals surface area contributed by atoms with Crippen LogP contribution in [0.4, 0.5) is 11.6 Å². The molecule has 0 radical (unpaired) electrons. The number of methoxy groups -OCH3 is 1. The van der Waals surface area contributed by atoms with Crippen molar-refractivity contribution in [3.8, 4) is 17.7 Å². The molecule has 2 aromatic carbocycles. The Morgan fingerprint density at radius 3 is 2.64 bits per heavy atom. The maximum atomic E-state index is 8.82. The van der Waals surface area contributed by atoms with E-state index in [1.165, 1.54) is 0 Å². The van der Waals surface area contributed by atoms with Gasteiger partial charge in [0.2, 0.25) is 11.8 Å². The predicted octanol–water partition coefficient (Wildman–Crippen LogP) is 3.68. The molecule has 0 aliphatic carbocycles.